The van der Waals surface area contributed by atoms with Crippen LogP contribution in [0.2, 0.25) is 6.32 Å². The quantitative estimate of drug-likeness (QED) is 0.367. The highest BCUT2D eigenvalue weighted by Gasteiger charge is 2.28. The Balaban J connectivity index is 0.000000481. The molecule has 0 aliphatic carbocycles. The molecule has 0 bridgehead atoms. The van der Waals surface area contributed by atoms with Gasteiger partial charge in [0.25, 0.3) is 0 Å². The maximum Gasteiger partial charge on any atom is 0.324 e. The summed E-state index contributed by atoms with van der Waals surface area (Å²) in [5.41, 5.74) is 1.41. The second-order valence-corrected chi connectivity index (χ2v) is 6.63. The Morgan fingerprint density at radius 3 is 2.53 bits per heavy atom. The molecule has 1 aromatic rings. The van der Waals surface area contributed by atoms with E-state index < -0.39 is 6.92 Å². The number of fused-ring (bicyclic) bond motifs is 1. The van der Waals surface area contributed by atoms with Gasteiger partial charge in [0.15, 0.2) is 0 Å². The van der Waals surface area contributed by atoms with Gasteiger partial charge in [-0.25, -0.2) is 4.39 Å². The Morgan fingerprint density at radius 1 is 1.33 bits per heavy atom. The first-order chi connectivity index (χ1) is 14.5. The van der Waals surface area contributed by atoms with Gasteiger partial charge < -0.3 is 20.2 Å². The predicted molar refractivity (Wildman–Crippen MR) is 117 cm³/mol. The number of halogens is 1. The highest BCUT2D eigenvalue weighted by molar-refractivity contribution is 6.68. The van der Waals surface area contributed by atoms with Gasteiger partial charge in [-0.05, 0) is 56.3 Å². The molecule has 30 heavy (non-hydrogen) atoms. The van der Waals surface area contributed by atoms with Crippen LogP contribution in [0.1, 0.15) is 49.0 Å². The van der Waals surface area contributed by atoms with Crippen LogP contribution < -0.4 is 10.8 Å². The largest absolute Gasteiger partial charge is 0.446 e. The number of rotatable bonds is 5. The zero-order chi connectivity index (χ0) is 23.1. The lowest BCUT2D eigenvalue weighted by Crippen LogP contribution is -2.41. The summed E-state index contributed by atoms with van der Waals surface area (Å²) in [7, 11) is 2.96. The highest BCUT2D eigenvalue weighted by atomic mass is 19.1. The zero-order valence-corrected chi connectivity index (χ0v) is 18.4. The van der Waals surface area contributed by atoms with Gasteiger partial charge in [-0.15, -0.1) is 0 Å². The van der Waals surface area contributed by atoms with Crippen molar-refractivity contribution < 1.29 is 28.9 Å². The molecule has 1 atom stereocenters. The number of nitrogens with zero attached hydrogens (tertiary/aromatic N) is 1. The fourth-order valence-electron chi connectivity index (χ4n) is 3.36. The molecular formula is C21H34BFN2O5. The van der Waals surface area contributed by atoms with Crippen LogP contribution in [0.15, 0.2) is 12.1 Å². The van der Waals surface area contributed by atoms with Gasteiger partial charge in [-0.1, -0.05) is 19.9 Å². The summed E-state index contributed by atoms with van der Waals surface area (Å²) in [4.78, 5) is 33.9. The number of likely N-dealkylation sites (N-methyl/N-ethyl adjacent to an activating group) is 1. The van der Waals surface area contributed by atoms with Crippen molar-refractivity contribution in [1.29, 1.82) is 0 Å². The molecule has 1 fully saturated rings. The molecule has 3 N–H and O–H groups in total. The minimum absolute atomic E-state index is 0.0200. The summed E-state index contributed by atoms with van der Waals surface area (Å²) >= 11 is 0. The van der Waals surface area contributed by atoms with Gasteiger partial charge in [-0.3, -0.25) is 14.5 Å². The standard InChI is InChI=1S/C9H8BFO2.C9H16N2O2.C2H6.CH4O/c11-9-4-6(5-12)3-8-7(9)1-2-10(8)13;1-11-6-2-4-8(11)9(13)10-5-3-7-12;2*1-2/h3-5,13H,1-2H2;7-8H,2-6H2,1H3,(H,10,13);1-2H3;2H,1H3. The number of carbonyl (C=O) groups excluding carboxylic acids is 3. The van der Waals surface area contributed by atoms with Crippen LogP contribution in [0, 0.1) is 5.82 Å². The van der Waals surface area contributed by atoms with E-state index in [9.17, 15) is 23.8 Å². The van der Waals surface area contributed by atoms with Crippen molar-refractivity contribution in [2.75, 3.05) is 27.2 Å². The van der Waals surface area contributed by atoms with Gasteiger partial charge >= 0.3 is 6.92 Å². The number of hydrogen-bond acceptors (Lipinski definition) is 6. The molecule has 0 saturated carbocycles. The lowest BCUT2D eigenvalue weighted by molar-refractivity contribution is -0.125. The minimum Gasteiger partial charge on any atom is -0.446 e. The summed E-state index contributed by atoms with van der Waals surface area (Å²) in [6.07, 6.45) is 4.94. The lowest BCUT2D eigenvalue weighted by atomic mass is 9.63. The Labute approximate surface area is 178 Å². The van der Waals surface area contributed by atoms with Gasteiger partial charge in [0, 0.05) is 25.6 Å². The third-order valence-electron chi connectivity index (χ3n) is 4.80. The van der Waals surface area contributed by atoms with E-state index in [0.29, 0.717) is 43.0 Å². The molecule has 0 spiro atoms. The predicted octanol–water partition coefficient (Wildman–Crippen LogP) is 0.806. The van der Waals surface area contributed by atoms with Gasteiger partial charge in [0.1, 0.15) is 18.4 Å². The van der Waals surface area contributed by atoms with E-state index in [-0.39, 0.29) is 23.3 Å². The summed E-state index contributed by atoms with van der Waals surface area (Å²) in [5, 5.41) is 19.2. The number of likely N-dealkylation sites (tertiary alicyclic amines) is 1. The average Bonchev–Trinajstić information content (AvgIpc) is 3.37. The molecule has 1 aromatic carbocycles. The fourth-order valence-corrected chi connectivity index (χ4v) is 3.36. The Hall–Kier alpha value is -2.10. The Bertz CT molecular complexity index is 675. The molecule has 3 rings (SSSR count). The third kappa shape index (κ3) is 8.34. The highest BCUT2D eigenvalue weighted by Crippen LogP contribution is 2.17. The number of aldehydes is 2. The van der Waals surface area contributed by atoms with Crippen molar-refractivity contribution in [3.63, 3.8) is 0 Å². The minimum atomic E-state index is -0.607. The van der Waals surface area contributed by atoms with E-state index in [0.717, 1.165) is 32.8 Å². The SMILES string of the molecule is CC.CN1CCCC1C(=O)NCCC=O.CO.O=Cc1cc(F)c2c(c1)B(O)CC2. The van der Waals surface area contributed by atoms with Gasteiger partial charge in [-0.2, -0.15) is 0 Å². The van der Waals surface area contributed by atoms with Crippen molar-refractivity contribution in [2.24, 2.45) is 0 Å². The molecule has 0 radical (unpaired) electrons. The summed E-state index contributed by atoms with van der Waals surface area (Å²) in [6, 6.07) is 2.79. The topological polar surface area (TPSA) is 107 Å². The molecule has 1 saturated heterocycles. The number of hydrogen-bond donors (Lipinski definition) is 3. The first-order valence-electron chi connectivity index (χ1n) is 10.3. The Morgan fingerprint density at radius 2 is 2.00 bits per heavy atom. The molecule has 1 amide bonds. The number of benzene rings is 1. The van der Waals surface area contributed by atoms with Crippen LogP contribution in [-0.4, -0.2) is 73.7 Å². The van der Waals surface area contributed by atoms with Crippen LogP contribution in [0.5, 0.6) is 0 Å². The summed E-state index contributed by atoms with van der Waals surface area (Å²) in [5.74, 6) is -0.321. The van der Waals surface area contributed by atoms with E-state index in [2.05, 4.69) is 10.2 Å². The Kier molecular flexibility index (Phi) is 14.6. The number of carbonyl (C=O) groups is 3. The normalized spacial score (nSPS) is 16.6. The molecule has 7 nitrogen and oxygen atoms in total. The maximum absolute atomic E-state index is 13.2. The fraction of sp³-hybridized carbons (Fsp3) is 0.571. The molecule has 9 heteroatoms. The number of aliphatic hydroxyl groups excluding tert-OH is 1. The first-order valence-corrected chi connectivity index (χ1v) is 10.3. The first kappa shape index (κ1) is 27.9. The summed E-state index contributed by atoms with van der Waals surface area (Å²) < 4.78 is 13.2. The number of nitrogens with one attached hydrogen (secondary N) is 1. The molecule has 2 aliphatic rings. The smallest absolute Gasteiger partial charge is 0.324 e. The van der Waals surface area contributed by atoms with Gasteiger partial charge in [0.2, 0.25) is 5.91 Å². The molecule has 2 aliphatic heterocycles. The van der Waals surface area contributed by atoms with Crippen molar-refractivity contribution in [3.05, 3.63) is 29.1 Å². The van der Waals surface area contributed by atoms with Crippen molar-refractivity contribution in [2.45, 2.75) is 51.9 Å². The third-order valence-corrected chi connectivity index (χ3v) is 4.80. The molecule has 2 heterocycles. The number of aliphatic hydroxyl groups is 1. The molecule has 0 aromatic heterocycles. The monoisotopic (exact) mass is 424 g/mol. The van der Waals surface area contributed by atoms with E-state index in [1.165, 1.54) is 6.07 Å². The molecular weight excluding hydrogens is 390 g/mol. The van der Waals surface area contributed by atoms with Crippen LogP contribution in [0.25, 0.3) is 0 Å². The van der Waals surface area contributed by atoms with Gasteiger partial charge in [0.05, 0.1) is 6.04 Å². The maximum atomic E-state index is 13.2. The zero-order valence-electron chi connectivity index (χ0n) is 18.4. The number of amides is 1. The van der Waals surface area contributed by atoms with Crippen LogP contribution in [-0.2, 0) is 16.0 Å². The van der Waals surface area contributed by atoms with Crippen molar-refractivity contribution in [1.82, 2.24) is 10.2 Å². The molecule has 168 valence electrons. The second kappa shape index (κ2) is 15.7. The van der Waals surface area contributed by atoms with E-state index in [1.54, 1.807) is 6.07 Å². The lowest BCUT2D eigenvalue weighted by Gasteiger charge is -2.18. The van der Waals surface area contributed by atoms with Crippen LogP contribution in [0.4, 0.5) is 4.39 Å². The van der Waals surface area contributed by atoms with E-state index >= 15 is 0 Å². The van der Waals surface area contributed by atoms with Crippen LogP contribution in [0.3, 0.4) is 0 Å². The second-order valence-electron chi connectivity index (χ2n) is 6.63. The van der Waals surface area contributed by atoms with E-state index in [4.69, 9.17) is 5.11 Å². The van der Waals surface area contributed by atoms with E-state index in [1.807, 2.05) is 20.9 Å². The summed E-state index contributed by atoms with van der Waals surface area (Å²) in [6.45, 7) is 4.85. The average molecular weight is 424 g/mol. The van der Waals surface area contributed by atoms with Crippen molar-refractivity contribution >= 4 is 30.9 Å². The van der Waals surface area contributed by atoms with Crippen molar-refractivity contribution in [3.8, 4) is 0 Å². The molecule has 1 unspecified atom stereocenters. The van der Waals surface area contributed by atoms with Crippen LogP contribution >= 0.6 is 0 Å².